The van der Waals surface area contributed by atoms with Gasteiger partial charge < -0.3 is 14.9 Å². The van der Waals surface area contributed by atoms with Crippen LogP contribution in [-0.4, -0.2) is 51.7 Å². The smallest absolute Gasteiger partial charge is 0.174 e. The standard InChI is InChI=1S/C22H29NO4/c1-4-15(24)20-22-7-8-23(11-14-9-12(14)2)17(21(22,3)26)10-13-5-6-16(25)19(27-20)18(13)22/h5-6,12,14,17,20,25-26H,4,7-11H2,1-3H3. The minimum atomic E-state index is -1.08. The molecule has 6 atom stereocenters. The van der Waals surface area contributed by atoms with Gasteiger partial charge in [0.15, 0.2) is 23.4 Å². The summed E-state index contributed by atoms with van der Waals surface area (Å²) >= 11 is 0. The molecular weight excluding hydrogens is 342 g/mol. The summed E-state index contributed by atoms with van der Waals surface area (Å²) in [6.07, 6.45) is 2.32. The SMILES string of the molecule is CCC(=O)C1Oc2c(O)ccc3c2C12CCN(CC1CC1C)C(C3)C2(C)O. The number of carbonyl (C=O) groups is 1. The van der Waals surface area contributed by atoms with E-state index in [9.17, 15) is 15.0 Å². The van der Waals surface area contributed by atoms with Crippen LogP contribution in [0, 0.1) is 11.8 Å². The highest BCUT2D eigenvalue weighted by Gasteiger charge is 2.69. The molecule has 2 heterocycles. The number of likely N-dealkylation sites (tertiary alicyclic amines) is 1. The van der Waals surface area contributed by atoms with Crippen LogP contribution < -0.4 is 4.74 Å². The third-order valence-corrected chi connectivity index (χ3v) is 7.94. The number of hydrogen-bond donors (Lipinski definition) is 2. The number of benzene rings is 1. The molecule has 5 nitrogen and oxygen atoms in total. The first-order chi connectivity index (χ1) is 12.8. The van der Waals surface area contributed by atoms with E-state index in [4.69, 9.17) is 4.74 Å². The van der Waals surface area contributed by atoms with Gasteiger partial charge in [0.05, 0.1) is 11.0 Å². The summed E-state index contributed by atoms with van der Waals surface area (Å²) in [7, 11) is 0. The van der Waals surface area contributed by atoms with Gasteiger partial charge in [0.1, 0.15) is 0 Å². The predicted molar refractivity (Wildman–Crippen MR) is 101 cm³/mol. The lowest BCUT2D eigenvalue weighted by atomic mass is 9.53. The lowest BCUT2D eigenvalue weighted by Gasteiger charge is -2.59. The molecule has 5 heteroatoms. The van der Waals surface area contributed by atoms with Crippen molar-refractivity contribution in [1.82, 2.24) is 4.90 Å². The van der Waals surface area contributed by atoms with E-state index < -0.39 is 17.1 Å². The molecule has 1 aromatic rings. The molecule has 2 bridgehead atoms. The van der Waals surface area contributed by atoms with Crippen molar-refractivity contribution in [3.05, 3.63) is 23.3 Å². The van der Waals surface area contributed by atoms with Crippen LogP contribution in [0.4, 0.5) is 0 Å². The quantitative estimate of drug-likeness (QED) is 0.851. The summed E-state index contributed by atoms with van der Waals surface area (Å²) in [4.78, 5) is 15.3. The van der Waals surface area contributed by atoms with Crippen LogP contribution in [0.1, 0.15) is 51.2 Å². The number of ketones is 1. The van der Waals surface area contributed by atoms with Gasteiger partial charge in [0.25, 0.3) is 0 Å². The molecule has 6 unspecified atom stereocenters. The molecule has 0 amide bonds. The first-order valence-electron chi connectivity index (χ1n) is 10.3. The Morgan fingerprint density at radius 1 is 1.41 bits per heavy atom. The Hall–Kier alpha value is -1.59. The largest absolute Gasteiger partial charge is 0.504 e. The number of nitrogens with zero attached hydrogens (tertiary/aromatic N) is 1. The van der Waals surface area contributed by atoms with E-state index in [-0.39, 0.29) is 17.6 Å². The number of fused-ring (bicyclic) bond motifs is 1. The fourth-order valence-corrected chi connectivity index (χ4v) is 6.13. The first-order valence-corrected chi connectivity index (χ1v) is 10.3. The number of piperidine rings is 1. The summed E-state index contributed by atoms with van der Waals surface area (Å²) in [6, 6.07) is 3.60. The van der Waals surface area contributed by atoms with E-state index in [0.717, 1.165) is 42.5 Å². The van der Waals surface area contributed by atoms with E-state index in [2.05, 4.69) is 11.8 Å². The maximum absolute atomic E-state index is 12.9. The zero-order valence-electron chi connectivity index (χ0n) is 16.4. The molecule has 1 spiro atoms. The zero-order chi connectivity index (χ0) is 19.1. The number of carbonyl (C=O) groups excluding carboxylic acids is 1. The maximum atomic E-state index is 12.9. The number of phenols is 1. The van der Waals surface area contributed by atoms with Crippen LogP contribution in [0.5, 0.6) is 11.5 Å². The highest BCUT2D eigenvalue weighted by molar-refractivity contribution is 5.88. The molecule has 0 aromatic heterocycles. The highest BCUT2D eigenvalue weighted by atomic mass is 16.5. The van der Waals surface area contributed by atoms with Gasteiger partial charge in [-0.1, -0.05) is 19.9 Å². The van der Waals surface area contributed by atoms with Crippen LogP contribution in [0.2, 0.25) is 0 Å². The number of hydrogen-bond acceptors (Lipinski definition) is 5. The highest BCUT2D eigenvalue weighted by Crippen LogP contribution is 2.62. The number of Topliss-reactive ketones (excluding diaryl/α,β-unsaturated/α-hetero) is 1. The topological polar surface area (TPSA) is 70.0 Å². The van der Waals surface area contributed by atoms with Gasteiger partial charge in [-0.3, -0.25) is 9.69 Å². The minimum absolute atomic E-state index is 0.00161. The number of ether oxygens (including phenoxy) is 1. The number of rotatable bonds is 4. The van der Waals surface area contributed by atoms with Crippen molar-refractivity contribution in [2.24, 2.45) is 11.8 Å². The first kappa shape index (κ1) is 17.5. The molecule has 27 heavy (non-hydrogen) atoms. The van der Waals surface area contributed by atoms with E-state index >= 15 is 0 Å². The van der Waals surface area contributed by atoms with Crippen molar-refractivity contribution in [3.8, 4) is 11.5 Å². The van der Waals surface area contributed by atoms with Gasteiger partial charge in [-0.2, -0.15) is 0 Å². The molecule has 5 rings (SSSR count). The van der Waals surface area contributed by atoms with Crippen molar-refractivity contribution in [3.63, 3.8) is 0 Å². The number of phenolic OH excluding ortho intramolecular Hbond substituents is 1. The lowest BCUT2D eigenvalue weighted by molar-refractivity contribution is -0.164. The second-order valence-electron chi connectivity index (χ2n) is 9.32. The van der Waals surface area contributed by atoms with Crippen LogP contribution in [0.3, 0.4) is 0 Å². The Kier molecular flexibility index (Phi) is 3.55. The predicted octanol–water partition coefficient (Wildman–Crippen LogP) is 2.41. The molecule has 2 fully saturated rings. The van der Waals surface area contributed by atoms with E-state index in [1.165, 1.54) is 6.42 Å². The molecular formula is C22H29NO4. The summed E-state index contributed by atoms with van der Waals surface area (Å²) in [6.45, 7) is 7.90. The van der Waals surface area contributed by atoms with Crippen LogP contribution >= 0.6 is 0 Å². The van der Waals surface area contributed by atoms with Gasteiger partial charge in [-0.15, -0.1) is 0 Å². The molecule has 0 radical (unpaired) electrons. The summed E-state index contributed by atoms with van der Waals surface area (Å²) in [5, 5.41) is 22.3. The Bertz CT molecular complexity index is 819. The fraction of sp³-hybridized carbons (Fsp3) is 0.682. The summed E-state index contributed by atoms with van der Waals surface area (Å²) in [5.41, 5.74) is 0.150. The molecule has 1 saturated carbocycles. The summed E-state index contributed by atoms with van der Waals surface area (Å²) in [5.74, 6) is 1.99. The fourth-order valence-electron chi connectivity index (χ4n) is 6.13. The van der Waals surface area contributed by atoms with Crippen LogP contribution in [0.15, 0.2) is 12.1 Å². The second kappa shape index (κ2) is 5.48. The molecule has 2 aliphatic carbocycles. The van der Waals surface area contributed by atoms with Gasteiger partial charge in [0, 0.05) is 24.6 Å². The average molecular weight is 371 g/mol. The molecule has 4 aliphatic rings. The Morgan fingerprint density at radius 2 is 2.15 bits per heavy atom. The van der Waals surface area contributed by atoms with Crippen LogP contribution in [0.25, 0.3) is 0 Å². The monoisotopic (exact) mass is 371 g/mol. The maximum Gasteiger partial charge on any atom is 0.174 e. The van der Waals surface area contributed by atoms with Crippen molar-refractivity contribution >= 4 is 5.78 Å². The van der Waals surface area contributed by atoms with Crippen molar-refractivity contribution in [1.29, 1.82) is 0 Å². The normalized spacial score (nSPS) is 41.8. The number of aromatic hydroxyl groups is 1. The van der Waals surface area contributed by atoms with E-state index in [0.29, 0.717) is 18.6 Å². The molecule has 1 saturated heterocycles. The van der Waals surface area contributed by atoms with E-state index in [1.54, 1.807) is 6.07 Å². The Balaban J connectivity index is 1.65. The van der Waals surface area contributed by atoms with E-state index in [1.807, 2.05) is 19.9 Å². The molecule has 2 aliphatic heterocycles. The Morgan fingerprint density at radius 3 is 2.81 bits per heavy atom. The second-order valence-corrected chi connectivity index (χ2v) is 9.32. The summed E-state index contributed by atoms with van der Waals surface area (Å²) < 4.78 is 6.09. The van der Waals surface area contributed by atoms with Crippen molar-refractivity contribution in [2.45, 2.75) is 69.6 Å². The third kappa shape index (κ3) is 2.10. The minimum Gasteiger partial charge on any atom is -0.504 e. The molecule has 146 valence electrons. The number of aliphatic hydroxyl groups is 1. The average Bonchev–Trinajstić information content (AvgIpc) is 3.18. The van der Waals surface area contributed by atoms with Gasteiger partial charge in [-0.25, -0.2) is 0 Å². The Labute approximate surface area is 160 Å². The van der Waals surface area contributed by atoms with Crippen molar-refractivity contribution < 1.29 is 19.7 Å². The van der Waals surface area contributed by atoms with Gasteiger partial charge >= 0.3 is 0 Å². The molecule has 2 N–H and O–H groups in total. The van der Waals surface area contributed by atoms with Crippen molar-refractivity contribution in [2.75, 3.05) is 13.1 Å². The molecule has 1 aromatic carbocycles. The zero-order valence-corrected chi connectivity index (χ0v) is 16.4. The van der Waals surface area contributed by atoms with Crippen LogP contribution in [-0.2, 0) is 16.6 Å². The van der Waals surface area contributed by atoms with Gasteiger partial charge in [0.2, 0.25) is 0 Å². The van der Waals surface area contributed by atoms with Gasteiger partial charge in [-0.05, 0) is 56.2 Å². The lowest BCUT2D eigenvalue weighted by Crippen LogP contribution is -2.73. The third-order valence-electron chi connectivity index (χ3n) is 7.94.